The van der Waals surface area contributed by atoms with Crippen molar-refractivity contribution in [3.05, 3.63) is 82.5 Å². The van der Waals surface area contributed by atoms with Crippen LogP contribution in [0.3, 0.4) is 0 Å². The summed E-state index contributed by atoms with van der Waals surface area (Å²) in [5, 5.41) is 7.08. The number of benzene rings is 1. The van der Waals surface area contributed by atoms with Crippen LogP contribution >= 0.6 is 0 Å². The van der Waals surface area contributed by atoms with Crippen molar-refractivity contribution in [2.24, 2.45) is 0 Å². The maximum absolute atomic E-state index is 12.3. The van der Waals surface area contributed by atoms with Crippen LogP contribution in [0.5, 0.6) is 0 Å². The number of nitrogens with one attached hydrogen (secondary N) is 1. The zero-order valence-electron chi connectivity index (χ0n) is 15.2. The minimum Gasteiger partial charge on any atom is -0.383 e. The SMILES string of the molecule is COCCn1cc(C(=O)NCCc2ccc(-n3cccn3)cc2)ccc1=O. The summed E-state index contributed by atoms with van der Waals surface area (Å²) in [6.07, 6.45) is 5.91. The van der Waals surface area contributed by atoms with Crippen molar-refractivity contribution in [2.45, 2.75) is 13.0 Å². The lowest BCUT2D eigenvalue weighted by molar-refractivity contribution is 0.0953. The van der Waals surface area contributed by atoms with E-state index < -0.39 is 0 Å². The van der Waals surface area contributed by atoms with Gasteiger partial charge in [-0.05, 0) is 36.2 Å². The van der Waals surface area contributed by atoms with Crippen LogP contribution in [0, 0.1) is 0 Å². The number of amides is 1. The first-order valence-corrected chi connectivity index (χ1v) is 8.74. The van der Waals surface area contributed by atoms with Crippen molar-refractivity contribution in [3.8, 4) is 5.69 Å². The lowest BCUT2D eigenvalue weighted by atomic mass is 10.1. The second-order valence-electron chi connectivity index (χ2n) is 6.07. The third-order valence-electron chi connectivity index (χ3n) is 4.19. The number of pyridine rings is 1. The van der Waals surface area contributed by atoms with Crippen molar-refractivity contribution < 1.29 is 9.53 Å². The van der Waals surface area contributed by atoms with Crippen molar-refractivity contribution in [1.82, 2.24) is 19.7 Å². The molecule has 0 saturated carbocycles. The number of aromatic nitrogens is 3. The van der Waals surface area contributed by atoms with Crippen LogP contribution in [0.2, 0.25) is 0 Å². The highest BCUT2D eigenvalue weighted by Gasteiger charge is 2.07. The standard InChI is InChI=1S/C20H22N4O3/c1-27-14-13-23-15-17(5-8-19(23)25)20(26)21-11-9-16-3-6-18(7-4-16)24-12-2-10-22-24/h2-8,10,12,15H,9,11,13-14H2,1H3,(H,21,26). The topological polar surface area (TPSA) is 78.2 Å². The quantitative estimate of drug-likeness (QED) is 0.658. The first kappa shape index (κ1) is 18.6. The molecule has 0 aliphatic rings. The average molecular weight is 366 g/mol. The summed E-state index contributed by atoms with van der Waals surface area (Å²) in [5.41, 5.74) is 2.42. The van der Waals surface area contributed by atoms with Gasteiger partial charge in [0.15, 0.2) is 0 Å². The Bertz CT molecular complexity index is 931. The minimum absolute atomic E-state index is 0.152. The monoisotopic (exact) mass is 366 g/mol. The molecule has 0 aliphatic heterocycles. The predicted molar refractivity (Wildman–Crippen MR) is 102 cm³/mol. The number of ether oxygens (including phenoxy) is 1. The van der Waals surface area contributed by atoms with E-state index in [-0.39, 0.29) is 11.5 Å². The van der Waals surface area contributed by atoms with E-state index in [0.29, 0.717) is 31.7 Å². The molecular formula is C20H22N4O3. The molecule has 140 valence electrons. The molecule has 7 nitrogen and oxygen atoms in total. The summed E-state index contributed by atoms with van der Waals surface area (Å²) < 4.78 is 8.26. The minimum atomic E-state index is -0.200. The van der Waals surface area contributed by atoms with Gasteiger partial charge in [-0.15, -0.1) is 0 Å². The van der Waals surface area contributed by atoms with Crippen molar-refractivity contribution in [2.75, 3.05) is 20.3 Å². The van der Waals surface area contributed by atoms with Gasteiger partial charge >= 0.3 is 0 Å². The van der Waals surface area contributed by atoms with Gasteiger partial charge in [-0.1, -0.05) is 12.1 Å². The molecule has 1 N–H and O–H groups in total. The van der Waals surface area contributed by atoms with Gasteiger partial charge in [0.05, 0.1) is 17.9 Å². The Kier molecular flexibility index (Phi) is 6.17. The second-order valence-corrected chi connectivity index (χ2v) is 6.07. The van der Waals surface area contributed by atoms with Crippen molar-refractivity contribution >= 4 is 5.91 Å². The molecule has 1 aromatic carbocycles. The molecule has 0 radical (unpaired) electrons. The second kappa shape index (κ2) is 8.95. The maximum Gasteiger partial charge on any atom is 0.252 e. The summed E-state index contributed by atoms with van der Waals surface area (Å²) in [4.78, 5) is 24.1. The van der Waals surface area contributed by atoms with Crippen LogP contribution in [-0.2, 0) is 17.7 Å². The fourth-order valence-electron chi connectivity index (χ4n) is 2.69. The van der Waals surface area contributed by atoms with Crippen LogP contribution in [0.15, 0.2) is 65.8 Å². The Morgan fingerprint density at radius 2 is 2.00 bits per heavy atom. The Hall–Kier alpha value is -3.19. The van der Waals surface area contributed by atoms with E-state index in [0.717, 1.165) is 11.3 Å². The average Bonchev–Trinajstić information content (AvgIpc) is 3.22. The van der Waals surface area contributed by atoms with Crippen LogP contribution in [0.1, 0.15) is 15.9 Å². The number of hydrogen-bond acceptors (Lipinski definition) is 4. The first-order valence-electron chi connectivity index (χ1n) is 8.74. The number of hydrogen-bond donors (Lipinski definition) is 1. The van der Waals surface area contributed by atoms with Gasteiger partial charge in [0, 0.05) is 44.9 Å². The number of carbonyl (C=O) groups is 1. The van der Waals surface area contributed by atoms with Crippen LogP contribution in [0.4, 0.5) is 0 Å². The largest absolute Gasteiger partial charge is 0.383 e. The van der Waals surface area contributed by atoms with Gasteiger partial charge in [0.25, 0.3) is 11.5 Å². The lowest BCUT2D eigenvalue weighted by Gasteiger charge is -2.09. The molecule has 0 aliphatic carbocycles. The van der Waals surface area contributed by atoms with Gasteiger partial charge in [-0.2, -0.15) is 5.10 Å². The maximum atomic E-state index is 12.3. The molecule has 2 aromatic heterocycles. The summed E-state index contributed by atoms with van der Waals surface area (Å²) in [7, 11) is 1.57. The Labute approximate surface area is 157 Å². The van der Waals surface area contributed by atoms with E-state index in [9.17, 15) is 9.59 Å². The van der Waals surface area contributed by atoms with Crippen LogP contribution in [-0.4, -0.2) is 40.5 Å². The number of methoxy groups -OCH3 is 1. The fourth-order valence-corrected chi connectivity index (χ4v) is 2.69. The highest BCUT2D eigenvalue weighted by Crippen LogP contribution is 2.09. The zero-order chi connectivity index (χ0) is 19.1. The highest BCUT2D eigenvalue weighted by atomic mass is 16.5. The molecule has 0 bridgehead atoms. The normalized spacial score (nSPS) is 10.7. The fraction of sp³-hybridized carbons (Fsp3) is 0.250. The molecule has 3 rings (SSSR count). The summed E-state index contributed by atoms with van der Waals surface area (Å²) in [5.74, 6) is -0.200. The molecule has 27 heavy (non-hydrogen) atoms. The van der Waals surface area contributed by atoms with E-state index in [4.69, 9.17) is 4.74 Å². The molecule has 0 atom stereocenters. The van der Waals surface area contributed by atoms with E-state index in [1.807, 2.05) is 36.5 Å². The van der Waals surface area contributed by atoms with Crippen LogP contribution < -0.4 is 10.9 Å². The Morgan fingerprint density at radius 1 is 1.19 bits per heavy atom. The van der Waals surface area contributed by atoms with Gasteiger partial charge in [0.2, 0.25) is 0 Å². The molecule has 3 aromatic rings. The predicted octanol–water partition coefficient (Wildman–Crippen LogP) is 1.65. The van der Waals surface area contributed by atoms with E-state index >= 15 is 0 Å². The van der Waals surface area contributed by atoms with E-state index in [2.05, 4.69) is 10.4 Å². The van der Waals surface area contributed by atoms with Crippen molar-refractivity contribution in [3.63, 3.8) is 0 Å². The van der Waals surface area contributed by atoms with Crippen LogP contribution in [0.25, 0.3) is 5.69 Å². The lowest BCUT2D eigenvalue weighted by Crippen LogP contribution is -2.28. The molecule has 7 heteroatoms. The molecule has 0 unspecified atom stereocenters. The summed E-state index contributed by atoms with van der Waals surface area (Å²) >= 11 is 0. The molecule has 0 saturated heterocycles. The smallest absolute Gasteiger partial charge is 0.252 e. The van der Waals surface area contributed by atoms with Gasteiger partial charge in [0.1, 0.15) is 0 Å². The molecule has 0 spiro atoms. The molecule has 0 fully saturated rings. The third-order valence-corrected chi connectivity index (χ3v) is 4.19. The number of carbonyl (C=O) groups excluding carboxylic acids is 1. The molecule has 1 amide bonds. The van der Waals surface area contributed by atoms with Gasteiger partial charge in [-0.25, -0.2) is 4.68 Å². The Balaban J connectivity index is 1.54. The van der Waals surface area contributed by atoms with Gasteiger partial charge < -0.3 is 14.6 Å². The summed E-state index contributed by atoms with van der Waals surface area (Å²) in [6, 6.07) is 12.9. The number of nitrogens with zero attached hydrogens (tertiary/aromatic N) is 3. The highest BCUT2D eigenvalue weighted by molar-refractivity contribution is 5.93. The van der Waals surface area contributed by atoms with E-state index in [1.165, 1.54) is 10.6 Å². The molecule has 2 heterocycles. The zero-order valence-corrected chi connectivity index (χ0v) is 15.2. The van der Waals surface area contributed by atoms with E-state index in [1.54, 1.807) is 30.3 Å². The van der Waals surface area contributed by atoms with Gasteiger partial charge in [-0.3, -0.25) is 9.59 Å². The van der Waals surface area contributed by atoms with Crippen molar-refractivity contribution in [1.29, 1.82) is 0 Å². The Morgan fingerprint density at radius 3 is 2.70 bits per heavy atom. The molecular weight excluding hydrogens is 344 g/mol. The third kappa shape index (κ3) is 4.92. The first-order chi connectivity index (χ1) is 13.2. The summed E-state index contributed by atoms with van der Waals surface area (Å²) in [6.45, 7) is 1.34. The number of rotatable bonds is 8.